The number of rotatable bonds is 0. The Balaban J connectivity index is 2.15. The lowest BCUT2D eigenvalue weighted by Gasteiger charge is -2.11. The Morgan fingerprint density at radius 1 is 1.67 bits per heavy atom. The van der Waals surface area contributed by atoms with Crippen molar-refractivity contribution in [1.29, 1.82) is 0 Å². The zero-order chi connectivity index (χ0) is 6.27. The van der Waals surface area contributed by atoms with Gasteiger partial charge in [-0.05, 0) is 19.3 Å². The van der Waals surface area contributed by atoms with Crippen molar-refractivity contribution in [2.24, 2.45) is 5.92 Å². The summed E-state index contributed by atoms with van der Waals surface area (Å²) in [6, 6.07) is 0. The molecule has 0 spiro atoms. The minimum Gasteiger partial charge on any atom is -0.462 e. The molecule has 49 valence electrons. The van der Waals surface area contributed by atoms with Crippen LogP contribution < -0.4 is 0 Å². The van der Waals surface area contributed by atoms with Gasteiger partial charge in [-0.2, -0.15) is 0 Å². The number of carbonyl (C=O) groups is 1. The zero-order valence-corrected chi connectivity index (χ0v) is 5.17. The smallest absolute Gasteiger partial charge is 0.309 e. The fraction of sp³-hybridized carbons (Fsp3) is 0.714. The van der Waals surface area contributed by atoms with E-state index in [1.54, 1.807) is 0 Å². The molecule has 1 heterocycles. The molecule has 2 aliphatic rings. The number of esters is 1. The van der Waals surface area contributed by atoms with E-state index in [0.717, 1.165) is 19.3 Å². The molecule has 1 aliphatic heterocycles. The predicted octanol–water partition coefficient (Wildman–Crippen LogP) is 0.916. The van der Waals surface area contributed by atoms with Gasteiger partial charge in [0.05, 0.1) is 5.92 Å². The lowest BCUT2D eigenvalue weighted by molar-refractivity contribution is -0.142. The van der Waals surface area contributed by atoms with Crippen molar-refractivity contribution < 1.29 is 9.53 Å². The molecule has 0 aromatic heterocycles. The summed E-state index contributed by atoms with van der Waals surface area (Å²) in [5.41, 5.74) is 0. The topological polar surface area (TPSA) is 26.3 Å². The Kier molecular flexibility index (Phi) is 1.01. The van der Waals surface area contributed by atoms with Crippen molar-refractivity contribution in [3.63, 3.8) is 0 Å². The minimum absolute atomic E-state index is 0.0220. The molecule has 0 amide bonds. The van der Waals surface area contributed by atoms with Crippen LogP contribution in [0.3, 0.4) is 0 Å². The monoisotopic (exact) mass is 125 g/mol. The van der Waals surface area contributed by atoms with Gasteiger partial charge in [-0.3, -0.25) is 4.79 Å². The second kappa shape index (κ2) is 1.72. The Labute approximate surface area is 54.2 Å². The SMILES string of the molecule is O=C1OC2[CH]CCC1C2. The van der Waals surface area contributed by atoms with Gasteiger partial charge in [-0.1, -0.05) is 0 Å². The average Bonchev–Trinajstić information content (AvgIpc) is 2.09. The van der Waals surface area contributed by atoms with Gasteiger partial charge >= 0.3 is 5.97 Å². The molecule has 2 fully saturated rings. The summed E-state index contributed by atoms with van der Waals surface area (Å²) in [7, 11) is 0. The number of fused-ring (bicyclic) bond motifs is 2. The van der Waals surface area contributed by atoms with Crippen molar-refractivity contribution in [1.82, 2.24) is 0 Å². The molecule has 1 radical (unpaired) electrons. The van der Waals surface area contributed by atoms with Crippen LogP contribution in [0, 0.1) is 12.3 Å². The molecule has 9 heavy (non-hydrogen) atoms. The number of hydrogen-bond donors (Lipinski definition) is 0. The molecule has 2 bridgehead atoms. The summed E-state index contributed by atoms with van der Waals surface area (Å²) in [4.78, 5) is 10.8. The minimum atomic E-state index is 0.0220. The highest BCUT2D eigenvalue weighted by atomic mass is 16.6. The summed E-state index contributed by atoms with van der Waals surface area (Å²) in [5, 5.41) is 0. The van der Waals surface area contributed by atoms with E-state index in [9.17, 15) is 4.79 Å². The third-order valence-electron chi connectivity index (χ3n) is 2.06. The van der Waals surface area contributed by atoms with Crippen LogP contribution in [-0.4, -0.2) is 12.1 Å². The lowest BCUT2D eigenvalue weighted by atomic mass is 9.90. The fourth-order valence-electron chi connectivity index (χ4n) is 1.53. The van der Waals surface area contributed by atoms with Crippen molar-refractivity contribution >= 4 is 5.97 Å². The van der Waals surface area contributed by atoms with Gasteiger partial charge in [0.15, 0.2) is 0 Å². The molecule has 1 saturated carbocycles. The molecular formula is C7H9O2. The molecule has 0 aromatic rings. The predicted molar refractivity (Wildman–Crippen MR) is 31.5 cm³/mol. The first kappa shape index (κ1) is 5.27. The quantitative estimate of drug-likeness (QED) is 0.450. The van der Waals surface area contributed by atoms with E-state index in [-0.39, 0.29) is 18.0 Å². The van der Waals surface area contributed by atoms with Crippen LogP contribution in [0.1, 0.15) is 19.3 Å². The van der Waals surface area contributed by atoms with Crippen molar-refractivity contribution in [3.8, 4) is 0 Å². The molecule has 2 unspecified atom stereocenters. The van der Waals surface area contributed by atoms with Crippen LogP contribution in [0.15, 0.2) is 0 Å². The summed E-state index contributed by atoms with van der Waals surface area (Å²) >= 11 is 0. The Hall–Kier alpha value is -0.530. The van der Waals surface area contributed by atoms with E-state index in [1.165, 1.54) is 0 Å². The van der Waals surface area contributed by atoms with Crippen LogP contribution in [0.25, 0.3) is 0 Å². The molecular weight excluding hydrogens is 116 g/mol. The average molecular weight is 125 g/mol. The maximum absolute atomic E-state index is 10.8. The van der Waals surface area contributed by atoms with E-state index in [4.69, 9.17) is 4.74 Å². The maximum atomic E-state index is 10.8. The van der Waals surface area contributed by atoms with Gasteiger partial charge in [0.2, 0.25) is 0 Å². The van der Waals surface area contributed by atoms with Crippen LogP contribution >= 0.6 is 0 Å². The van der Waals surface area contributed by atoms with Gasteiger partial charge < -0.3 is 4.74 Å². The maximum Gasteiger partial charge on any atom is 0.309 e. The largest absolute Gasteiger partial charge is 0.462 e. The van der Waals surface area contributed by atoms with Crippen LogP contribution in [0.4, 0.5) is 0 Å². The Morgan fingerprint density at radius 2 is 2.56 bits per heavy atom. The summed E-state index contributed by atoms with van der Waals surface area (Å²) in [5.74, 6) is 0.258. The lowest BCUT2D eigenvalue weighted by Crippen LogP contribution is -2.11. The highest BCUT2D eigenvalue weighted by Gasteiger charge is 2.37. The van der Waals surface area contributed by atoms with Crippen molar-refractivity contribution in [3.05, 3.63) is 6.42 Å². The van der Waals surface area contributed by atoms with Crippen molar-refractivity contribution in [2.45, 2.75) is 25.4 Å². The second-order valence-corrected chi connectivity index (χ2v) is 2.72. The summed E-state index contributed by atoms with van der Waals surface area (Å²) < 4.78 is 4.99. The highest BCUT2D eigenvalue weighted by molar-refractivity contribution is 5.75. The van der Waals surface area contributed by atoms with E-state index in [2.05, 4.69) is 6.42 Å². The van der Waals surface area contributed by atoms with E-state index in [1.807, 2.05) is 0 Å². The molecule has 1 saturated heterocycles. The first-order valence-corrected chi connectivity index (χ1v) is 3.40. The van der Waals surface area contributed by atoms with Gasteiger partial charge in [0, 0.05) is 6.42 Å². The molecule has 2 atom stereocenters. The summed E-state index contributed by atoms with van der Waals surface area (Å²) in [6.45, 7) is 0. The second-order valence-electron chi connectivity index (χ2n) is 2.72. The Bertz CT molecular complexity index is 142. The molecule has 1 aliphatic carbocycles. The first-order valence-electron chi connectivity index (χ1n) is 3.40. The molecule has 0 aromatic carbocycles. The van der Waals surface area contributed by atoms with Crippen molar-refractivity contribution in [2.75, 3.05) is 0 Å². The number of carbonyl (C=O) groups excluding carboxylic acids is 1. The number of hydrogen-bond acceptors (Lipinski definition) is 2. The molecule has 0 N–H and O–H groups in total. The van der Waals surface area contributed by atoms with E-state index < -0.39 is 0 Å². The van der Waals surface area contributed by atoms with E-state index in [0.29, 0.717) is 0 Å². The number of ether oxygens (including phenoxy) is 1. The van der Waals surface area contributed by atoms with Crippen LogP contribution in [-0.2, 0) is 9.53 Å². The first-order chi connectivity index (χ1) is 4.36. The third kappa shape index (κ3) is 0.732. The highest BCUT2D eigenvalue weighted by Crippen LogP contribution is 2.32. The molecule has 2 heteroatoms. The fourth-order valence-corrected chi connectivity index (χ4v) is 1.53. The van der Waals surface area contributed by atoms with Gasteiger partial charge in [-0.15, -0.1) is 0 Å². The third-order valence-corrected chi connectivity index (χ3v) is 2.06. The Morgan fingerprint density at radius 3 is 3.22 bits per heavy atom. The van der Waals surface area contributed by atoms with Gasteiger partial charge in [0.25, 0.3) is 0 Å². The molecule has 2 nitrogen and oxygen atoms in total. The van der Waals surface area contributed by atoms with Crippen LogP contribution in [0.2, 0.25) is 0 Å². The standard InChI is InChI=1S/C7H9O2/c8-7-5-2-1-3-6(4-5)9-7/h3,5-6H,1-2,4H2. The van der Waals surface area contributed by atoms with E-state index >= 15 is 0 Å². The normalized spacial score (nSPS) is 40.7. The van der Waals surface area contributed by atoms with Crippen LogP contribution in [0.5, 0.6) is 0 Å². The molecule has 2 rings (SSSR count). The summed E-state index contributed by atoms with van der Waals surface area (Å²) in [6.07, 6.45) is 5.27. The van der Waals surface area contributed by atoms with Gasteiger partial charge in [-0.25, -0.2) is 0 Å². The van der Waals surface area contributed by atoms with Gasteiger partial charge in [0.1, 0.15) is 6.10 Å². The zero-order valence-electron chi connectivity index (χ0n) is 5.17.